The second-order valence-corrected chi connectivity index (χ2v) is 2.70. The maximum atomic E-state index is 12.7. The van der Waals surface area contributed by atoms with E-state index in [1.54, 1.807) is 19.1 Å². The van der Waals surface area contributed by atoms with E-state index in [0.29, 0.717) is 17.0 Å². The van der Waals surface area contributed by atoms with Gasteiger partial charge in [-0.05, 0) is 24.6 Å². The molecule has 0 aliphatic heterocycles. The van der Waals surface area contributed by atoms with Crippen molar-refractivity contribution < 1.29 is 4.39 Å². The highest BCUT2D eigenvalue weighted by molar-refractivity contribution is 6.29. The Morgan fingerprint density at radius 2 is 2.20 bits per heavy atom. The fraction of sp³-hybridized carbons (Fsp3) is 0.250. The van der Waals surface area contributed by atoms with Crippen LogP contribution in [0.3, 0.4) is 0 Å². The molecule has 0 atom stereocenters. The van der Waals surface area contributed by atoms with Crippen LogP contribution in [0.15, 0.2) is 34.7 Å². The highest BCUT2D eigenvalue weighted by Gasteiger charge is 2.00. The number of hydrogen-bond acceptors (Lipinski definition) is 0. The molecule has 0 spiro atoms. The van der Waals surface area contributed by atoms with E-state index in [1.807, 2.05) is 0 Å². The van der Waals surface area contributed by atoms with E-state index in [-0.39, 0.29) is 5.83 Å². The van der Waals surface area contributed by atoms with Crippen molar-refractivity contribution in [3.63, 3.8) is 0 Å². The maximum absolute atomic E-state index is 12.7. The minimum absolute atomic E-state index is 0.174. The number of hydrogen-bond donors (Lipinski definition) is 0. The molecule has 0 aromatic heterocycles. The van der Waals surface area contributed by atoms with Crippen LogP contribution in [0, 0.1) is 0 Å². The smallest absolute Gasteiger partial charge is 0.122 e. The molecule has 10 heavy (non-hydrogen) atoms. The molecule has 1 rings (SSSR count). The van der Waals surface area contributed by atoms with Gasteiger partial charge in [0.15, 0.2) is 0 Å². The van der Waals surface area contributed by atoms with Crippen LogP contribution >= 0.6 is 11.6 Å². The lowest BCUT2D eigenvalue weighted by Crippen LogP contribution is -1.73. The first-order valence-corrected chi connectivity index (χ1v) is 3.47. The monoisotopic (exact) mass is 158 g/mol. The van der Waals surface area contributed by atoms with Gasteiger partial charge >= 0.3 is 0 Å². The first-order chi connectivity index (χ1) is 4.70. The molecule has 0 heterocycles. The van der Waals surface area contributed by atoms with Crippen molar-refractivity contribution in [2.24, 2.45) is 0 Å². The van der Waals surface area contributed by atoms with Crippen molar-refractivity contribution in [2.45, 2.75) is 13.3 Å². The van der Waals surface area contributed by atoms with Crippen LogP contribution in [0.25, 0.3) is 0 Å². The molecule has 1 aliphatic carbocycles. The third kappa shape index (κ3) is 1.71. The lowest BCUT2D eigenvalue weighted by Gasteiger charge is -1.90. The molecule has 0 nitrogen and oxygen atoms in total. The quantitative estimate of drug-likeness (QED) is 0.508. The zero-order valence-electron chi connectivity index (χ0n) is 5.70. The second-order valence-electron chi connectivity index (χ2n) is 2.22. The number of rotatable bonds is 0. The highest BCUT2D eigenvalue weighted by Crippen LogP contribution is 2.20. The van der Waals surface area contributed by atoms with Gasteiger partial charge in [-0.3, -0.25) is 0 Å². The van der Waals surface area contributed by atoms with E-state index < -0.39 is 0 Å². The largest absolute Gasteiger partial charge is 0.207 e. The van der Waals surface area contributed by atoms with E-state index in [1.165, 1.54) is 6.08 Å². The third-order valence-corrected chi connectivity index (χ3v) is 1.65. The number of halogens is 2. The summed E-state index contributed by atoms with van der Waals surface area (Å²) in [7, 11) is 0. The molecular formula is C8H8ClF. The molecule has 0 fully saturated rings. The average molecular weight is 159 g/mol. The molecule has 0 aromatic rings. The van der Waals surface area contributed by atoms with Crippen LogP contribution in [0.4, 0.5) is 4.39 Å². The predicted molar refractivity (Wildman–Crippen MR) is 41.5 cm³/mol. The van der Waals surface area contributed by atoms with Gasteiger partial charge in [0.05, 0.1) is 0 Å². The molecule has 0 radical (unpaired) electrons. The summed E-state index contributed by atoms with van der Waals surface area (Å²) in [6.45, 7) is 1.72. The molecule has 0 saturated heterocycles. The fourth-order valence-corrected chi connectivity index (χ4v) is 0.851. The van der Waals surface area contributed by atoms with Crippen molar-refractivity contribution in [3.8, 4) is 0 Å². The molecule has 0 aromatic carbocycles. The first kappa shape index (κ1) is 7.55. The molecule has 1 aliphatic rings. The number of allylic oxidation sites excluding steroid dienone is 6. The minimum Gasteiger partial charge on any atom is -0.207 e. The Hall–Kier alpha value is -0.560. The van der Waals surface area contributed by atoms with Gasteiger partial charge in [0, 0.05) is 11.5 Å². The van der Waals surface area contributed by atoms with Gasteiger partial charge in [-0.2, -0.15) is 0 Å². The molecule has 54 valence electrons. The van der Waals surface area contributed by atoms with Gasteiger partial charge in [-0.15, -0.1) is 0 Å². The molecule has 0 amide bonds. The summed E-state index contributed by atoms with van der Waals surface area (Å²) in [6, 6.07) is 0. The zero-order valence-corrected chi connectivity index (χ0v) is 6.45. The van der Waals surface area contributed by atoms with Crippen LogP contribution in [-0.2, 0) is 0 Å². The van der Waals surface area contributed by atoms with Gasteiger partial charge in [0.2, 0.25) is 0 Å². The standard InChI is InChI=1S/C8H8ClF/c1-6-2-3-7(9)4-5-8(6)10/h2-3,5H,4H2,1H3. The SMILES string of the molecule is CC1=CC=C(Cl)CC=C1F. The Morgan fingerprint density at radius 1 is 1.50 bits per heavy atom. The van der Waals surface area contributed by atoms with E-state index in [9.17, 15) is 4.39 Å². The van der Waals surface area contributed by atoms with Gasteiger partial charge < -0.3 is 0 Å². The second kappa shape index (κ2) is 3.02. The summed E-state index contributed by atoms with van der Waals surface area (Å²) in [5, 5.41) is 0.673. The Labute approximate surface area is 64.7 Å². The van der Waals surface area contributed by atoms with Crippen LogP contribution in [0.5, 0.6) is 0 Å². The third-order valence-electron chi connectivity index (χ3n) is 1.37. The fourth-order valence-electron chi connectivity index (χ4n) is 0.711. The van der Waals surface area contributed by atoms with E-state index in [4.69, 9.17) is 11.6 Å². The van der Waals surface area contributed by atoms with Crippen LogP contribution in [-0.4, -0.2) is 0 Å². The van der Waals surface area contributed by atoms with Crippen molar-refractivity contribution in [1.82, 2.24) is 0 Å². The Kier molecular flexibility index (Phi) is 2.28. The summed E-state index contributed by atoms with van der Waals surface area (Å²) in [4.78, 5) is 0. The van der Waals surface area contributed by atoms with E-state index >= 15 is 0 Å². The Morgan fingerprint density at radius 3 is 2.90 bits per heavy atom. The summed E-state index contributed by atoms with van der Waals surface area (Å²) >= 11 is 5.66. The Balaban J connectivity index is 2.90. The topological polar surface area (TPSA) is 0 Å². The van der Waals surface area contributed by atoms with Gasteiger partial charge in [-0.25, -0.2) is 4.39 Å². The van der Waals surface area contributed by atoms with Gasteiger partial charge in [-0.1, -0.05) is 17.7 Å². The zero-order chi connectivity index (χ0) is 7.56. The molecule has 0 bridgehead atoms. The summed E-state index contributed by atoms with van der Waals surface area (Å²) < 4.78 is 12.7. The average Bonchev–Trinajstić information content (AvgIpc) is 2.04. The molecule has 0 saturated carbocycles. The first-order valence-electron chi connectivity index (χ1n) is 3.09. The lowest BCUT2D eigenvalue weighted by atomic mass is 10.2. The van der Waals surface area contributed by atoms with Crippen LogP contribution in [0.2, 0.25) is 0 Å². The maximum Gasteiger partial charge on any atom is 0.122 e. The normalized spacial score (nSPS) is 18.9. The molecular weight excluding hydrogens is 151 g/mol. The Bertz CT molecular complexity index is 223. The van der Waals surface area contributed by atoms with Crippen LogP contribution < -0.4 is 0 Å². The van der Waals surface area contributed by atoms with Crippen molar-refractivity contribution in [2.75, 3.05) is 0 Å². The predicted octanol–water partition coefficient (Wildman–Crippen LogP) is 3.31. The van der Waals surface area contributed by atoms with Gasteiger partial charge in [0.1, 0.15) is 5.83 Å². The van der Waals surface area contributed by atoms with Crippen molar-refractivity contribution in [3.05, 3.63) is 34.7 Å². The van der Waals surface area contributed by atoms with E-state index in [2.05, 4.69) is 0 Å². The van der Waals surface area contributed by atoms with Gasteiger partial charge in [0.25, 0.3) is 0 Å². The summed E-state index contributed by atoms with van der Waals surface area (Å²) in [5.74, 6) is -0.174. The van der Waals surface area contributed by atoms with E-state index in [0.717, 1.165) is 0 Å². The molecule has 2 heteroatoms. The minimum atomic E-state index is -0.174. The molecule has 0 N–H and O–H groups in total. The van der Waals surface area contributed by atoms with Crippen molar-refractivity contribution >= 4 is 11.6 Å². The van der Waals surface area contributed by atoms with Crippen molar-refractivity contribution in [1.29, 1.82) is 0 Å². The summed E-state index contributed by atoms with van der Waals surface area (Å²) in [5.41, 5.74) is 0.635. The molecule has 0 unspecified atom stereocenters. The van der Waals surface area contributed by atoms with Crippen LogP contribution in [0.1, 0.15) is 13.3 Å². The summed E-state index contributed by atoms with van der Waals surface area (Å²) in [6.07, 6.45) is 5.39. The lowest BCUT2D eigenvalue weighted by molar-refractivity contribution is 0.648. The highest BCUT2D eigenvalue weighted by atomic mass is 35.5.